The molecule has 17 heavy (non-hydrogen) atoms. The number of pyridine rings is 1. The first kappa shape index (κ1) is 10.7. The Morgan fingerprint density at radius 1 is 1.47 bits per heavy atom. The number of rotatable bonds is 2. The Kier molecular flexibility index (Phi) is 2.07. The van der Waals surface area contributed by atoms with Crippen LogP contribution in [0.25, 0.3) is 5.65 Å². The molecule has 3 rings (SSSR count). The minimum Gasteiger partial charge on any atom is -0.288 e. The number of imidazole rings is 1. The number of nitrogens with zero attached hydrogens (tertiary/aromatic N) is 2. The van der Waals surface area contributed by atoms with Crippen molar-refractivity contribution in [2.45, 2.75) is 30.7 Å². The highest BCUT2D eigenvalue weighted by atomic mass is 32.3. The van der Waals surface area contributed by atoms with E-state index in [1.807, 2.05) is 6.92 Å². The van der Waals surface area contributed by atoms with Gasteiger partial charge in [-0.1, -0.05) is 3.89 Å². The molecule has 0 bridgehead atoms. The van der Waals surface area contributed by atoms with Gasteiger partial charge in [0.2, 0.25) is 0 Å². The Morgan fingerprint density at radius 3 is 2.76 bits per heavy atom. The zero-order chi connectivity index (χ0) is 12.2. The summed E-state index contributed by atoms with van der Waals surface area (Å²) in [5.74, 6) is 0.0933. The van der Waals surface area contributed by atoms with Crippen molar-refractivity contribution in [1.29, 1.82) is 0 Å². The van der Waals surface area contributed by atoms with E-state index >= 15 is 0 Å². The van der Waals surface area contributed by atoms with Gasteiger partial charge in [0.1, 0.15) is 5.65 Å². The fourth-order valence-corrected chi connectivity index (χ4v) is 2.86. The van der Waals surface area contributed by atoms with E-state index in [-0.39, 0.29) is 10.9 Å². The first-order valence-electron chi connectivity index (χ1n) is 5.40. The van der Waals surface area contributed by atoms with Crippen LogP contribution in [0.1, 0.15) is 30.0 Å². The van der Waals surface area contributed by atoms with Gasteiger partial charge in [-0.05, 0) is 37.5 Å². The van der Waals surface area contributed by atoms with Crippen molar-refractivity contribution < 1.29 is 12.3 Å². The summed E-state index contributed by atoms with van der Waals surface area (Å²) in [6.45, 7) is 1.88. The van der Waals surface area contributed by atoms with Gasteiger partial charge in [-0.15, -0.1) is 0 Å². The molecule has 1 saturated carbocycles. The van der Waals surface area contributed by atoms with Crippen LogP contribution in [0.2, 0.25) is 0 Å². The van der Waals surface area contributed by atoms with E-state index in [0.717, 1.165) is 18.4 Å². The van der Waals surface area contributed by atoms with Gasteiger partial charge >= 0.3 is 10.2 Å². The fourth-order valence-electron chi connectivity index (χ4n) is 2.01. The summed E-state index contributed by atoms with van der Waals surface area (Å²) in [6.07, 6.45) is 3.31. The quantitative estimate of drug-likeness (QED) is 0.772. The van der Waals surface area contributed by atoms with E-state index in [2.05, 4.69) is 4.98 Å². The van der Waals surface area contributed by atoms with E-state index in [0.29, 0.717) is 11.3 Å². The Hall–Kier alpha value is -1.43. The predicted molar refractivity (Wildman–Crippen MR) is 60.2 cm³/mol. The molecule has 0 unspecified atom stereocenters. The molecule has 6 heteroatoms. The maximum absolute atomic E-state index is 13.3. The number of aryl methyl sites for hydroxylation is 1. The molecule has 0 aliphatic heterocycles. The molecule has 0 amide bonds. The third kappa shape index (κ3) is 1.72. The van der Waals surface area contributed by atoms with Crippen LogP contribution < -0.4 is 0 Å². The number of halogens is 1. The second-order valence-electron chi connectivity index (χ2n) is 4.45. The Morgan fingerprint density at radius 2 is 2.18 bits per heavy atom. The van der Waals surface area contributed by atoms with Crippen molar-refractivity contribution in [3.63, 3.8) is 0 Å². The van der Waals surface area contributed by atoms with E-state index in [4.69, 9.17) is 0 Å². The average molecular weight is 254 g/mol. The Bertz CT molecular complexity index is 702. The van der Waals surface area contributed by atoms with Crippen LogP contribution in [0.3, 0.4) is 0 Å². The molecule has 2 aromatic heterocycles. The van der Waals surface area contributed by atoms with Gasteiger partial charge in [0, 0.05) is 12.1 Å². The van der Waals surface area contributed by atoms with Crippen LogP contribution in [-0.2, 0) is 10.2 Å². The van der Waals surface area contributed by atoms with Crippen LogP contribution in [0.5, 0.6) is 0 Å². The lowest BCUT2D eigenvalue weighted by Crippen LogP contribution is -2.01. The number of hydrogen-bond donors (Lipinski definition) is 0. The summed E-state index contributed by atoms with van der Waals surface area (Å²) in [6, 6.07) is 3.49. The monoisotopic (exact) mass is 254 g/mol. The minimum absolute atomic E-state index is 0.0933. The Labute approximate surface area is 98.3 Å². The second kappa shape index (κ2) is 3.29. The van der Waals surface area contributed by atoms with Crippen molar-refractivity contribution in [3.05, 3.63) is 29.6 Å². The number of fused-ring (bicyclic) bond motifs is 1. The predicted octanol–water partition coefficient (Wildman–Crippen LogP) is 2.18. The minimum atomic E-state index is -4.73. The van der Waals surface area contributed by atoms with E-state index in [1.54, 1.807) is 18.3 Å². The standard InChI is InChI=1S/C11H11FN2O2S/c1-7-4-5-14-9(6-7)13-10(8-2-3-8)11(14)17(12,15)16/h4-6,8H,2-3H2,1H3. The summed E-state index contributed by atoms with van der Waals surface area (Å²) >= 11 is 0. The molecule has 1 aliphatic rings. The van der Waals surface area contributed by atoms with E-state index < -0.39 is 10.2 Å². The lowest BCUT2D eigenvalue weighted by molar-refractivity contribution is 0.544. The lowest BCUT2D eigenvalue weighted by atomic mass is 10.3. The highest BCUT2D eigenvalue weighted by Gasteiger charge is 2.35. The summed E-state index contributed by atoms with van der Waals surface area (Å²) < 4.78 is 37.1. The molecule has 2 heterocycles. The summed E-state index contributed by atoms with van der Waals surface area (Å²) in [5.41, 5.74) is 1.83. The molecular formula is C11H11FN2O2S. The topological polar surface area (TPSA) is 51.4 Å². The molecule has 1 fully saturated rings. The highest BCUT2D eigenvalue weighted by molar-refractivity contribution is 7.86. The van der Waals surface area contributed by atoms with Crippen LogP contribution in [0.15, 0.2) is 23.4 Å². The van der Waals surface area contributed by atoms with Crippen LogP contribution >= 0.6 is 0 Å². The third-order valence-corrected chi connectivity index (χ3v) is 3.83. The summed E-state index contributed by atoms with van der Waals surface area (Å²) in [4.78, 5) is 4.25. The summed E-state index contributed by atoms with van der Waals surface area (Å²) in [7, 11) is -4.73. The van der Waals surface area contributed by atoms with Gasteiger partial charge in [0.05, 0.1) is 5.69 Å². The third-order valence-electron chi connectivity index (χ3n) is 2.96. The Balaban J connectivity index is 2.39. The molecule has 90 valence electrons. The normalized spacial score (nSPS) is 16.6. The molecule has 2 aromatic rings. The molecule has 0 atom stereocenters. The van der Waals surface area contributed by atoms with E-state index in [9.17, 15) is 12.3 Å². The molecule has 0 aromatic carbocycles. The summed E-state index contributed by atoms with van der Waals surface area (Å²) in [5, 5.41) is -0.296. The number of aromatic nitrogens is 2. The van der Waals surface area contributed by atoms with Crippen LogP contribution in [0, 0.1) is 6.92 Å². The maximum atomic E-state index is 13.3. The van der Waals surface area contributed by atoms with Crippen molar-refractivity contribution in [1.82, 2.24) is 9.38 Å². The zero-order valence-electron chi connectivity index (χ0n) is 9.22. The van der Waals surface area contributed by atoms with Gasteiger partial charge in [0.15, 0.2) is 5.03 Å². The van der Waals surface area contributed by atoms with Gasteiger partial charge in [0.25, 0.3) is 0 Å². The average Bonchev–Trinajstić information content (AvgIpc) is 2.97. The second-order valence-corrected chi connectivity index (χ2v) is 5.71. The molecular weight excluding hydrogens is 243 g/mol. The van der Waals surface area contributed by atoms with Gasteiger partial charge in [-0.25, -0.2) is 4.98 Å². The van der Waals surface area contributed by atoms with Gasteiger partial charge in [-0.2, -0.15) is 8.42 Å². The first-order valence-corrected chi connectivity index (χ1v) is 6.78. The maximum Gasteiger partial charge on any atom is 0.350 e. The highest BCUT2D eigenvalue weighted by Crippen LogP contribution is 2.42. The van der Waals surface area contributed by atoms with Crippen LogP contribution in [0.4, 0.5) is 3.89 Å². The van der Waals surface area contributed by atoms with Crippen molar-refractivity contribution >= 4 is 15.9 Å². The lowest BCUT2D eigenvalue weighted by Gasteiger charge is -1.99. The van der Waals surface area contributed by atoms with E-state index in [1.165, 1.54) is 4.40 Å². The molecule has 4 nitrogen and oxygen atoms in total. The fraction of sp³-hybridized carbons (Fsp3) is 0.364. The number of hydrogen-bond acceptors (Lipinski definition) is 3. The SMILES string of the molecule is Cc1ccn2c(S(=O)(=O)F)c(C3CC3)nc2c1. The smallest absolute Gasteiger partial charge is 0.288 e. The molecule has 0 saturated heterocycles. The van der Waals surface area contributed by atoms with Crippen molar-refractivity contribution in [2.24, 2.45) is 0 Å². The molecule has 0 N–H and O–H groups in total. The van der Waals surface area contributed by atoms with Crippen LogP contribution in [-0.4, -0.2) is 17.8 Å². The largest absolute Gasteiger partial charge is 0.350 e. The van der Waals surface area contributed by atoms with Crippen molar-refractivity contribution in [3.8, 4) is 0 Å². The first-order chi connectivity index (χ1) is 7.97. The van der Waals surface area contributed by atoms with Crippen molar-refractivity contribution in [2.75, 3.05) is 0 Å². The van der Waals surface area contributed by atoms with Gasteiger partial charge in [-0.3, -0.25) is 4.40 Å². The molecule has 1 aliphatic carbocycles. The molecule has 0 radical (unpaired) electrons. The van der Waals surface area contributed by atoms with Gasteiger partial charge < -0.3 is 0 Å². The molecule has 0 spiro atoms. The zero-order valence-corrected chi connectivity index (χ0v) is 10.0.